The van der Waals surface area contributed by atoms with Crippen LogP contribution in [0.4, 0.5) is 18.0 Å². The van der Waals surface area contributed by atoms with E-state index in [-0.39, 0.29) is 42.1 Å². The van der Waals surface area contributed by atoms with Crippen molar-refractivity contribution in [2.24, 2.45) is 5.92 Å². The van der Waals surface area contributed by atoms with Crippen molar-refractivity contribution in [1.29, 1.82) is 0 Å². The van der Waals surface area contributed by atoms with E-state index in [2.05, 4.69) is 10.3 Å². The third-order valence-corrected chi connectivity index (χ3v) is 5.56. The standard InChI is InChI=1S/C22H23ClF3N3O3/c23-18-12-17(22(24,25)26)13-28-19(18)6-9-27-20(30)16-7-10-29(11-8-16)21(31)32-14-15-4-2-1-3-5-15/h1-5,12-13,16H,6-11,14H2,(H,27,30). The van der Waals surface area contributed by atoms with Gasteiger partial charge in [-0.25, -0.2) is 4.79 Å². The van der Waals surface area contributed by atoms with Gasteiger partial charge in [-0.1, -0.05) is 41.9 Å². The number of nitrogens with zero attached hydrogens (tertiary/aromatic N) is 2. The zero-order valence-corrected chi connectivity index (χ0v) is 18.0. The van der Waals surface area contributed by atoms with Gasteiger partial charge in [-0.05, 0) is 24.5 Å². The van der Waals surface area contributed by atoms with Crippen molar-refractivity contribution < 1.29 is 27.5 Å². The molecule has 0 aliphatic carbocycles. The molecule has 1 N–H and O–H groups in total. The molecule has 1 aliphatic heterocycles. The van der Waals surface area contributed by atoms with Gasteiger partial charge in [0.25, 0.3) is 0 Å². The summed E-state index contributed by atoms with van der Waals surface area (Å²) in [6.07, 6.45) is -2.96. The lowest BCUT2D eigenvalue weighted by Gasteiger charge is -2.30. The number of alkyl halides is 3. The van der Waals surface area contributed by atoms with Crippen molar-refractivity contribution in [1.82, 2.24) is 15.2 Å². The van der Waals surface area contributed by atoms with Crippen molar-refractivity contribution in [2.45, 2.75) is 32.0 Å². The second-order valence-corrected chi connectivity index (χ2v) is 7.90. The van der Waals surface area contributed by atoms with E-state index >= 15 is 0 Å². The molecule has 32 heavy (non-hydrogen) atoms. The number of ether oxygens (including phenoxy) is 1. The van der Waals surface area contributed by atoms with Gasteiger partial charge in [-0.2, -0.15) is 13.2 Å². The van der Waals surface area contributed by atoms with E-state index in [1.54, 1.807) is 4.90 Å². The van der Waals surface area contributed by atoms with Crippen molar-refractivity contribution in [3.63, 3.8) is 0 Å². The highest BCUT2D eigenvalue weighted by molar-refractivity contribution is 6.31. The molecule has 1 fully saturated rings. The molecule has 2 amide bonds. The summed E-state index contributed by atoms with van der Waals surface area (Å²) in [5.41, 5.74) is 0.276. The SMILES string of the molecule is O=C(NCCc1ncc(C(F)(F)F)cc1Cl)C1CCN(C(=O)OCc2ccccc2)CC1. The van der Waals surface area contributed by atoms with Crippen LogP contribution in [0, 0.1) is 5.92 Å². The number of pyridine rings is 1. The van der Waals surface area contributed by atoms with E-state index in [0.29, 0.717) is 25.9 Å². The fourth-order valence-electron chi connectivity index (χ4n) is 3.39. The summed E-state index contributed by atoms with van der Waals surface area (Å²) in [5, 5.41) is 2.68. The molecule has 1 aromatic heterocycles. The summed E-state index contributed by atoms with van der Waals surface area (Å²) in [6, 6.07) is 10.2. The van der Waals surface area contributed by atoms with E-state index in [4.69, 9.17) is 16.3 Å². The number of piperidine rings is 1. The Morgan fingerprint density at radius 2 is 1.88 bits per heavy atom. The van der Waals surface area contributed by atoms with E-state index in [1.165, 1.54) is 0 Å². The van der Waals surface area contributed by atoms with Crippen LogP contribution in [-0.2, 0) is 28.7 Å². The fraction of sp³-hybridized carbons (Fsp3) is 0.409. The van der Waals surface area contributed by atoms with Gasteiger partial charge in [0.2, 0.25) is 5.91 Å². The van der Waals surface area contributed by atoms with E-state index in [9.17, 15) is 22.8 Å². The molecule has 3 rings (SSSR count). The van der Waals surface area contributed by atoms with Gasteiger partial charge in [0.1, 0.15) is 6.61 Å². The topological polar surface area (TPSA) is 71.5 Å². The Morgan fingerprint density at radius 1 is 1.19 bits per heavy atom. The lowest BCUT2D eigenvalue weighted by Crippen LogP contribution is -2.43. The Labute approximate surface area is 188 Å². The molecule has 0 bridgehead atoms. The molecular weight excluding hydrogens is 447 g/mol. The first-order valence-electron chi connectivity index (χ1n) is 10.2. The Balaban J connectivity index is 1.39. The van der Waals surface area contributed by atoms with Gasteiger partial charge < -0.3 is 15.0 Å². The van der Waals surface area contributed by atoms with Crippen LogP contribution in [0.3, 0.4) is 0 Å². The average molecular weight is 470 g/mol. The molecule has 2 aromatic rings. The third kappa shape index (κ3) is 6.59. The number of benzene rings is 1. The number of carbonyl (C=O) groups is 2. The number of amides is 2. The largest absolute Gasteiger partial charge is 0.445 e. The first-order valence-corrected chi connectivity index (χ1v) is 10.6. The molecule has 172 valence electrons. The number of nitrogens with one attached hydrogen (secondary N) is 1. The molecule has 1 saturated heterocycles. The Kier molecular flexibility index (Phi) is 7.95. The maximum Gasteiger partial charge on any atom is 0.417 e. The summed E-state index contributed by atoms with van der Waals surface area (Å²) in [6.45, 7) is 1.23. The molecule has 0 unspecified atom stereocenters. The van der Waals surface area contributed by atoms with Gasteiger partial charge in [0.15, 0.2) is 0 Å². The van der Waals surface area contributed by atoms with Gasteiger partial charge in [0, 0.05) is 38.2 Å². The van der Waals surface area contributed by atoms with E-state index in [0.717, 1.165) is 17.8 Å². The summed E-state index contributed by atoms with van der Waals surface area (Å²) in [5.74, 6) is -0.408. The minimum absolute atomic E-state index is 0.0867. The minimum Gasteiger partial charge on any atom is -0.445 e. The summed E-state index contributed by atoms with van der Waals surface area (Å²) >= 11 is 5.89. The van der Waals surface area contributed by atoms with Crippen LogP contribution in [0.5, 0.6) is 0 Å². The van der Waals surface area contributed by atoms with Crippen LogP contribution in [0.25, 0.3) is 0 Å². The summed E-state index contributed by atoms with van der Waals surface area (Å²) in [7, 11) is 0. The molecule has 1 aliphatic rings. The van der Waals surface area contributed by atoms with Crippen molar-refractivity contribution >= 4 is 23.6 Å². The number of hydrogen-bond acceptors (Lipinski definition) is 4. The Morgan fingerprint density at radius 3 is 2.50 bits per heavy atom. The first-order chi connectivity index (χ1) is 15.2. The number of carbonyl (C=O) groups excluding carboxylic acids is 2. The van der Waals surface area contributed by atoms with Crippen LogP contribution >= 0.6 is 11.6 Å². The lowest BCUT2D eigenvalue weighted by molar-refractivity contribution is -0.137. The average Bonchev–Trinajstić information content (AvgIpc) is 2.78. The molecule has 1 aromatic carbocycles. The second-order valence-electron chi connectivity index (χ2n) is 7.49. The quantitative estimate of drug-likeness (QED) is 0.678. The smallest absolute Gasteiger partial charge is 0.417 e. The summed E-state index contributed by atoms with van der Waals surface area (Å²) in [4.78, 5) is 29.9. The number of aromatic nitrogens is 1. The first kappa shape index (κ1) is 23.8. The number of hydrogen-bond donors (Lipinski definition) is 1. The molecule has 0 atom stereocenters. The third-order valence-electron chi connectivity index (χ3n) is 5.23. The van der Waals surface area contributed by atoms with Crippen molar-refractivity contribution in [3.8, 4) is 0 Å². The van der Waals surface area contributed by atoms with Gasteiger partial charge >= 0.3 is 12.3 Å². The summed E-state index contributed by atoms with van der Waals surface area (Å²) < 4.78 is 43.3. The van der Waals surface area contributed by atoms with Crippen LogP contribution in [-0.4, -0.2) is 41.5 Å². The Bertz CT molecular complexity index is 933. The molecule has 0 radical (unpaired) electrons. The monoisotopic (exact) mass is 469 g/mol. The molecule has 0 spiro atoms. The van der Waals surface area contributed by atoms with E-state index in [1.807, 2.05) is 30.3 Å². The number of halogens is 4. The molecule has 0 saturated carbocycles. The van der Waals surface area contributed by atoms with Gasteiger partial charge in [0.05, 0.1) is 16.3 Å². The van der Waals surface area contributed by atoms with Gasteiger partial charge in [-0.3, -0.25) is 9.78 Å². The normalized spacial score (nSPS) is 14.8. The fourth-order valence-corrected chi connectivity index (χ4v) is 3.65. The maximum absolute atomic E-state index is 12.7. The molecular formula is C22H23ClF3N3O3. The Hall–Kier alpha value is -2.81. The highest BCUT2D eigenvalue weighted by atomic mass is 35.5. The highest BCUT2D eigenvalue weighted by Gasteiger charge is 2.31. The van der Waals surface area contributed by atoms with Crippen molar-refractivity contribution in [3.05, 3.63) is 64.4 Å². The van der Waals surface area contributed by atoms with Crippen LogP contribution < -0.4 is 5.32 Å². The zero-order valence-electron chi connectivity index (χ0n) is 17.2. The number of likely N-dealkylation sites (tertiary alicyclic amines) is 1. The van der Waals surface area contributed by atoms with Crippen LogP contribution in [0.15, 0.2) is 42.6 Å². The second kappa shape index (κ2) is 10.7. The lowest BCUT2D eigenvalue weighted by atomic mass is 9.96. The predicted octanol–water partition coefficient (Wildman–Crippen LogP) is 4.46. The molecule has 6 nitrogen and oxygen atoms in total. The van der Waals surface area contributed by atoms with Crippen LogP contribution in [0.1, 0.15) is 29.7 Å². The van der Waals surface area contributed by atoms with Crippen molar-refractivity contribution in [2.75, 3.05) is 19.6 Å². The molecule has 2 heterocycles. The maximum atomic E-state index is 12.7. The van der Waals surface area contributed by atoms with Crippen LogP contribution in [0.2, 0.25) is 5.02 Å². The predicted molar refractivity (Wildman–Crippen MR) is 112 cm³/mol. The number of rotatable bonds is 6. The zero-order chi connectivity index (χ0) is 23.1. The van der Waals surface area contributed by atoms with E-state index < -0.39 is 17.8 Å². The van der Waals surface area contributed by atoms with Gasteiger partial charge in [-0.15, -0.1) is 0 Å². The highest BCUT2D eigenvalue weighted by Crippen LogP contribution is 2.31. The molecule has 10 heteroatoms. The minimum atomic E-state index is -4.51.